The third-order valence-corrected chi connectivity index (χ3v) is 3.47. The molecule has 0 aliphatic heterocycles. The Balaban J connectivity index is 1.74. The van der Waals surface area contributed by atoms with Crippen LogP contribution in [0.25, 0.3) is 0 Å². The Labute approximate surface area is 136 Å². The van der Waals surface area contributed by atoms with Crippen molar-refractivity contribution in [3.05, 3.63) is 41.5 Å². The average molecular weight is 317 g/mol. The number of rotatable bonds is 7. The van der Waals surface area contributed by atoms with Crippen LogP contribution in [0.5, 0.6) is 0 Å². The summed E-state index contributed by atoms with van der Waals surface area (Å²) in [6.45, 7) is 8.33. The molecule has 0 spiro atoms. The molecule has 0 fully saturated rings. The van der Waals surface area contributed by atoms with Gasteiger partial charge in [0.05, 0.1) is 6.54 Å². The molecule has 0 unspecified atom stereocenters. The predicted octanol–water partition coefficient (Wildman–Crippen LogP) is 2.01. The number of aryl methyl sites for hydroxylation is 2. The summed E-state index contributed by atoms with van der Waals surface area (Å²) in [5.41, 5.74) is 2.42. The number of aromatic nitrogens is 2. The van der Waals surface area contributed by atoms with Crippen LogP contribution in [0.1, 0.15) is 24.2 Å². The molecule has 0 aliphatic rings. The lowest BCUT2D eigenvalue weighted by Crippen LogP contribution is -2.40. The highest BCUT2D eigenvalue weighted by molar-refractivity contribution is 5.73. The molecule has 0 saturated heterocycles. The Hall–Kier alpha value is -2.57. The minimum atomic E-state index is -0.248. The Kier molecular flexibility index (Phi) is 5.96. The van der Waals surface area contributed by atoms with Gasteiger partial charge in [-0.15, -0.1) is 0 Å². The maximum atomic E-state index is 11.8. The van der Waals surface area contributed by atoms with Crippen molar-refractivity contribution >= 4 is 11.7 Å². The number of hydrogen-bond donors (Lipinski definition) is 2. The van der Waals surface area contributed by atoms with E-state index < -0.39 is 0 Å². The van der Waals surface area contributed by atoms with Gasteiger partial charge in [-0.1, -0.05) is 23.4 Å². The number of benzene rings is 1. The molecule has 0 aliphatic carbocycles. The maximum absolute atomic E-state index is 11.8. The SMILES string of the molecule is CCN(CCNC(=O)NCc1nc(C)no1)c1ccccc1C. The van der Waals surface area contributed by atoms with Crippen LogP contribution in [0.15, 0.2) is 28.8 Å². The summed E-state index contributed by atoms with van der Waals surface area (Å²) in [6, 6.07) is 7.98. The second-order valence-electron chi connectivity index (χ2n) is 5.21. The summed E-state index contributed by atoms with van der Waals surface area (Å²) in [5.74, 6) is 0.951. The van der Waals surface area contributed by atoms with Crippen molar-refractivity contribution in [3.8, 4) is 0 Å². The predicted molar refractivity (Wildman–Crippen MR) is 88.3 cm³/mol. The van der Waals surface area contributed by atoms with Gasteiger partial charge in [-0.25, -0.2) is 4.79 Å². The molecular weight excluding hydrogens is 294 g/mol. The quantitative estimate of drug-likeness (QED) is 0.816. The number of hydrogen-bond acceptors (Lipinski definition) is 5. The number of likely N-dealkylation sites (N-methyl/N-ethyl adjacent to an activating group) is 1. The van der Waals surface area contributed by atoms with Crippen molar-refractivity contribution in [3.63, 3.8) is 0 Å². The van der Waals surface area contributed by atoms with Crippen LogP contribution in [-0.4, -0.2) is 35.8 Å². The summed E-state index contributed by atoms with van der Waals surface area (Å²) in [5, 5.41) is 9.19. The normalized spacial score (nSPS) is 10.4. The molecule has 23 heavy (non-hydrogen) atoms. The smallest absolute Gasteiger partial charge is 0.315 e. The van der Waals surface area contributed by atoms with Gasteiger partial charge in [0.25, 0.3) is 0 Å². The van der Waals surface area contributed by atoms with Crippen molar-refractivity contribution < 1.29 is 9.32 Å². The fourth-order valence-electron chi connectivity index (χ4n) is 2.30. The number of carbonyl (C=O) groups excluding carboxylic acids is 1. The van der Waals surface area contributed by atoms with Crippen LogP contribution in [0.4, 0.5) is 10.5 Å². The summed E-state index contributed by atoms with van der Waals surface area (Å²) in [6.07, 6.45) is 0. The van der Waals surface area contributed by atoms with E-state index >= 15 is 0 Å². The van der Waals surface area contributed by atoms with Gasteiger partial charge in [-0.2, -0.15) is 4.98 Å². The van der Waals surface area contributed by atoms with Gasteiger partial charge >= 0.3 is 6.03 Å². The van der Waals surface area contributed by atoms with Crippen LogP contribution < -0.4 is 15.5 Å². The minimum absolute atomic E-state index is 0.224. The number of amides is 2. The Morgan fingerprint density at radius 1 is 1.26 bits per heavy atom. The number of anilines is 1. The Bertz CT molecular complexity index is 641. The standard InChI is InChI=1S/C16H23N5O2/c1-4-21(14-8-6-5-7-12(14)2)10-9-17-16(22)18-11-15-19-13(3)20-23-15/h5-8H,4,9-11H2,1-3H3,(H2,17,18,22). The molecule has 124 valence electrons. The average Bonchev–Trinajstić information content (AvgIpc) is 2.96. The van der Waals surface area contributed by atoms with Crippen LogP contribution in [0, 0.1) is 13.8 Å². The van der Waals surface area contributed by atoms with Crippen molar-refractivity contribution in [2.24, 2.45) is 0 Å². The second kappa shape index (κ2) is 8.17. The lowest BCUT2D eigenvalue weighted by Gasteiger charge is -2.25. The number of urea groups is 1. The van der Waals surface area contributed by atoms with E-state index in [1.54, 1.807) is 6.92 Å². The van der Waals surface area contributed by atoms with E-state index in [9.17, 15) is 4.79 Å². The summed E-state index contributed by atoms with van der Waals surface area (Å²) >= 11 is 0. The second-order valence-corrected chi connectivity index (χ2v) is 5.21. The number of para-hydroxylation sites is 1. The van der Waals surface area contributed by atoms with Crippen LogP contribution in [0.2, 0.25) is 0 Å². The van der Waals surface area contributed by atoms with Crippen molar-refractivity contribution in [1.29, 1.82) is 0 Å². The van der Waals surface area contributed by atoms with E-state index in [1.165, 1.54) is 11.3 Å². The van der Waals surface area contributed by atoms with Crippen LogP contribution >= 0.6 is 0 Å². The van der Waals surface area contributed by atoms with Gasteiger partial charge in [-0.3, -0.25) is 0 Å². The van der Waals surface area contributed by atoms with Gasteiger partial charge in [-0.05, 0) is 32.4 Å². The fourth-order valence-corrected chi connectivity index (χ4v) is 2.30. The molecule has 2 N–H and O–H groups in total. The molecule has 0 radical (unpaired) electrons. The van der Waals surface area contributed by atoms with Crippen LogP contribution in [0.3, 0.4) is 0 Å². The van der Waals surface area contributed by atoms with Gasteiger partial charge in [0.2, 0.25) is 5.89 Å². The summed E-state index contributed by atoms with van der Waals surface area (Å²) in [7, 11) is 0. The fraction of sp³-hybridized carbons (Fsp3) is 0.438. The van der Waals surface area contributed by atoms with Gasteiger partial charge in [0.15, 0.2) is 5.82 Å². The minimum Gasteiger partial charge on any atom is -0.370 e. The molecule has 2 rings (SSSR count). The van der Waals surface area contributed by atoms with E-state index in [4.69, 9.17) is 4.52 Å². The van der Waals surface area contributed by atoms with Crippen molar-refractivity contribution in [2.45, 2.75) is 27.3 Å². The van der Waals surface area contributed by atoms with Crippen molar-refractivity contribution in [1.82, 2.24) is 20.8 Å². The van der Waals surface area contributed by atoms with E-state index in [0.717, 1.165) is 13.1 Å². The van der Waals surface area contributed by atoms with E-state index in [2.05, 4.69) is 51.7 Å². The zero-order valence-corrected chi connectivity index (χ0v) is 13.8. The third kappa shape index (κ3) is 4.98. The zero-order valence-electron chi connectivity index (χ0n) is 13.8. The van der Waals surface area contributed by atoms with Crippen LogP contribution in [-0.2, 0) is 6.54 Å². The topological polar surface area (TPSA) is 83.3 Å². The largest absolute Gasteiger partial charge is 0.370 e. The molecule has 0 saturated carbocycles. The lowest BCUT2D eigenvalue weighted by molar-refractivity contribution is 0.238. The molecule has 0 bridgehead atoms. The third-order valence-electron chi connectivity index (χ3n) is 3.47. The Morgan fingerprint density at radius 2 is 2.04 bits per heavy atom. The first kappa shape index (κ1) is 16.8. The number of nitrogens with zero attached hydrogens (tertiary/aromatic N) is 3. The molecule has 7 heteroatoms. The first-order valence-corrected chi connectivity index (χ1v) is 7.71. The number of carbonyl (C=O) groups is 1. The molecule has 1 aromatic carbocycles. The monoisotopic (exact) mass is 317 g/mol. The molecule has 2 aromatic rings. The maximum Gasteiger partial charge on any atom is 0.315 e. The lowest BCUT2D eigenvalue weighted by atomic mass is 10.2. The molecular formula is C16H23N5O2. The molecule has 2 amide bonds. The molecule has 1 heterocycles. The van der Waals surface area contributed by atoms with Crippen molar-refractivity contribution in [2.75, 3.05) is 24.5 Å². The highest BCUT2D eigenvalue weighted by Crippen LogP contribution is 2.18. The molecule has 0 atom stereocenters. The highest BCUT2D eigenvalue weighted by Gasteiger charge is 2.08. The van der Waals surface area contributed by atoms with E-state index in [1.807, 2.05) is 12.1 Å². The van der Waals surface area contributed by atoms with E-state index in [-0.39, 0.29) is 12.6 Å². The molecule has 7 nitrogen and oxygen atoms in total. The van der Waals surface area contributed by atoms with Gasteiger partial charge in [0, 0.05) is 25.3 Å². The summed E-state index contributed by atoms with van der Waals surface area (Å²) < 4.78 is 4.93. The highest BCUT2D eigenvalue weighted by atomic mass is 16.5. The zero-order chi connectivity index (χ0) is 16.7. The van der Waals surface area contributed by atoms with E-state index in [0.29, 0.717) is 18.3 Å². The Morgan fingerprint density at radius 3 is 2.70 bits per heavy atom. The van der Waals surface area contributed by atoms with Gasteiger partial charge < -0.3 is 20.1 Å². The van der Waals surface area contributed by atoms with Gasteiger partial charge in [0.1, 0.15) is 0 Å². The first-order valence-electron chi connectivity index (χ1n) is 7.71. The molecule has 1 aromatic heterocycles. The number of nitrogens with one attached hydrogen (secondary N) is 2. The summed E-state index contributed by atoms with van der Waals surface area (Å²) in [4.78, 5) is 18.0. The first-order chi connectivity index (χ1) is 11.1.